The highest BCUT2D eigenvalue weighted by atomic mass is 16.6. The molecule has 0 spiro atoms. The number of rotatable bonds is 8. The van der Waals surface area contributed by atoms with Gasteiger partial charge in [-0.05, 0) is 18.9 Å². The molecular formula is C17H23NO6. The average Bonchev–Trinajstić information content (AvgIpc) is 2.59. The maximum Gasteiger partial charge on any atom is 0.408 e. The van der Waals surface area contributed by atoms with Crippen molar-refractivity contribution in [1.29, 1.82) is 0 Å². The van der Waals surface area contributed by atoms with Crippen LogP contribution in [0, 0.1) is 0 Å². The zero-order valence-electron chi connectivity index (χ0n) is 14.2. The number of ether oxygens (including phenoxy) is 3. The molecule has 0 fully saturated rings. The van der Waals surface area contributed by atoms with Gasteiger partial charge in [-0.25, -0.2) is 9.59 Å². The van der Waals surface area contributed by atoms with Gasteiger partial charge in [0.2, 0.25) is 0 Å². The number of alkyl carbamates (subject to hydrolysis) is 1. The monoisotopic (exact) mass is 337 g/mol. The van der Waals surface area contributed by atoms with E-state index in [0.717, 1.165) is 5.56 Å². The fourth-order valence-electron chi connectivity index (χ4n) is 2.06. The molecule has 0 heterocycles. The Balaban J connectivity index is 2.53. The highest BCUT2D eigenvalue weighted by Gasteiger charge is 2.37. The number of amides is 1. The molecule has 7 nitrogen and oxygen atoms in total. The van der Waals surface area contributed by atoms with Gasteiger partial charge < -0.3 is 19.5 Å². The highest BCUT2D eigenvalue weighted by molar-refractivity contribution is 5.86. The maximum absolute atomic E-state index is 11.9. The van der Waals surface area contributed by atoms with Crippen molar-refractivity contribution in [3.05, 3.63) is 35.9 Å². The Hall–Kier alpha value is -2.57. The van der Waals surface area contributed by atoms with Gasteiger partial charge in [0.1, 0.15) is 5.54 Å². The van der Waals surface area contributed by atoms with E-state index < -0.39 is 23.6 Å². The molecule has 0 saturated heterocycles. The summed E-state index contributed by atoms with van der Waals surface area (Å²) in [6.45, 7) is 1.64. The van der Waals surface area contributed by atoms with Crippen molar-refractivity contribution in [1.82, 2.24) is 5.32 Å². The second-order valence-electron chi connectivity index (χ2n) is 5.40. The molecule has 132 valence electrons. The molecule has 1 N–H and O–H groups in total. The third-order valence-corrected chi connectivity index (χ3v) is 3.54. The smallest absolute Gasteiger partial charge is 0.408 e. The van der Waals surface area contributed by atoms with Gasteiger partial charge in [0.15, 0.2) is 0 Å². The van der Waals surface area contributed by atoms with E-state index in [4.69, 9.17) is 9.47 Å². The molecule has 1 rings (SSSR count). The van der Waals surface area contributed by atoms with E-state index >= 15 is 0 Å². The number of carbonyl (C=O) groups excluding carboxylic acids is 3. The van der Waals surface area contributed by atoms with Gasteiger partial charge in [-0.2, -0.15) is 0 Å². The Morgan fingerprint density at radius 2 is 1.75 bits per heavy atom. The third kappa shape index (κ3) is 6.28. The lowest BCUT2D eigenvalue weighted by molar-refractivity contribution is -0.149. The molecule has 0 aliphatic carbocycles. The first-order valence-corrected chi connectivity index (χ1v) is 7.55. The van der Waals surface area contributed by atoms with E-state index in [-0.39, 0.29) is 19.4 Å². The van der Waals surface area contributed by atoms with E-state index in [9.17, 15) is 14.4 Å². The van der Waals surface area contributed by atoms with Crippen molar-refractivity contribution in [2.45, 2.75) is 31.7 Å². The Labute approximate surface area is 141 Å². The number of benzene rings is 1. The van der Waals surface area contributed by atoms with Gasteiger partial charge in [0, 0.05) is 12.8 Å². The summed E-state index contributed by atoms with van der Waals surface area (Å²) in [6, 6.07) is 9.56. The topological polar surface area (TPSA) is 90.9 Å². The second-order valence-corrected chi connectivity index (χ2v) is 5.40. The molecule has 1 atom stereocenters. The Morgan fingerprint density at radius 3 is 2.33 bits per heavy atom. The van der Waals surface area contributed by atoms with E-state index in [1.54, 1.807) is 0 Å². The van der Waals surface area contributed by atoms with Gasteiger partial charge in [-0.3, -0.25) is 4.79 Å². The molecule has 1 aromatic rings. The number of esters is 2. The van der Waals surface area contributed by atoms with Crippen molar-refractivity contribution in [2.75, 3.05) is 20.8 Å². The summed E-state index contributed by atoms with van der Waals surface area (Å²) in [6.07, 6.45) is -0.179. The Morgan fingerprint density at radius 1 is 1.08 bits per heavy atom. The van der Waals surface area contributed by atoms with Crippen LogP contribution < -0.4 is 5.32 Å². The predicted molar refractivity (Wildman–Crippen MR) is 86.3 cm³/mol. The number of methoxy groups -OCH3 is 2. The van der Waals surface area contributed by atoms with Crippen LogP contribution in [0.4, 0.5) is 4.79 Å². The second kappa shape index (κ2) is 9.54. The molecule has 24 heavy (non-hydrogen) atoms. The van der Waals surface area contributed by atoms with Crippen molar-refractivity contribution >= 4 is 18.0 Å². The fraction of sp³-hybridized carbons (Fsp3) is 0.471. The minimum absolute atomic E-state index is 0.0353. The molecule has 1 unspecified atom stereocenters. The van der Waals surface area contributed by atoms with E-state index in [1.165, 1.54) is 21.1 Å². The maximum atomic E-state index is 11.9. The van der Waals surface area contributed by atoms with Crippen LogP contribution in [-0.4, -0.2) is 44.4 Å². The quantitative estimate of drug-likeness (QED) is 0.575. The molecule has 7 heteroatoms. The first kappa shape index (κ1) is 19.5. The van der Waals surface area contributed by atoms with Crippen LogP contribution in [0.2, 0.25) is 0 Å². The summed E-state index contributed by atoms with van der Waals surface area (Å²) >= 11 is 0. The van der Waals surface area contributed by atoms with E-state index in [0.29, 0.717) is 6.42 Å². The molecular weight excluding hydrogens is 314 g/mol. The van der Waals surface area contributed by atoms with Crippen LogP contribution >= 0.6 is 0 Å². The lowest BCUT2D eigenvalue weighted by atomic mass is 9.96. The lowest BCUT2D eigenvalue weighted by Gasteiger charge is -2.27. The zero-order chi connectivity index (χ0) is 18.0. The number of carbonyl (C=O) groups is 3. The summed E-state index contributed by atoms with van der Waals surface area (Å²) in [7, 11) is 2.46. The van der Waals surface area contributed by atoms with Crippen LogP contribution in [0.3, 0.4) is 0 Å². The summed E-state index contributed by atoms with van der Waals surface area (Å²) in [5.74, 6) is -1.14. The van der Waals surface area contributed by atoms with Gasteiger partial charge in [0.25, 0.3) is 0 Å². The Kier molecular flexibility index (Phi) is 7.74. The van der Waals surface area contributed by atoms with Crippen molar-refractivity contribution < 1.29 is 28.6 Å². The minimum atomic E-state index is -1.37. The van der Waals surface area contributed by atoms with Crippen molar-refractivity contribution in [3.8, 4) is 0 Å². The summed E-state index contributed by atoms with van der Waals surface area (Å²) in [5, 5.41) is 2.47. The third-order valence-electron chi connectivity index (χ3n) is 3.54. The molecule has 0 aliphatic heterocycles. The molecule has 0 radical (unpaired) electrons. The lowest BCUT2D eigenvalue weighted by Crippen LogP contribution is -2.53. The average molecular weight is 337 g/mol. The van der Waals surface area contributed by atoms with Gasteiger partial charge in [-0.1, -0.05) is 30.3 Å². The van der Waals surface area contributed by atoms with Crippen LogP contribution in [0.25, 0.3) is 0 Å². The largest absolute Gasteiger partial charge is 0.469 e. The minimum Gasteiger partial charge on any atom is -0.469 e. The summed E-state index contributed by atoms with van der Waals surface area (Å²) in [5.41, 5.74) is -0.334. The normalized spacial score (nSPS) is 12.6. The molecule has 0 aliphatic rings. The van der Waals surface area contributed by atoms with E-state index in [2.05, 4.69) is 10.1 Å². The van der Waals surface area contributed by atoms with Crippen LogP contribution in [0.15, 0.2) is 30.3 Å². The number of nitrogens with one attached hydrogen (secondary N) is 1. The fourth-order valence-corrected chi connectivity index (χ4v) is 2.06. The first-order valence-electron chi connectivity index (χ1n) is 7.55. The Bertz CT molecular complexity index is 559. The summed E-state index contributed by atoms with van der Waals surface area (Å²) in [4.78, 5) is 35.1. The van der Waals surface area contributed by atoms with Gasteiger partial charge >= 0.3 is 18.0 Å². The molecule has 0 saturated carbocycles. The van der Waals surface area contributed by atoms with Gasteiger partial charge in [0.05, 0.1) is 20.8 Å². The zero-order valence-corrected chi connectivity index (χ0v) is 14.2. The van der Waals surface area contributed by atoms with Gasteiger partial charge in [-0.15, -0.1) is 0 Å². The number of hydrogen-bond donors (Lipinski definition) is 1. The van der Waals surface area contributed by atoms with Crippen molar-refractivity contribution in [2.24, 2.45) is 0 Å². The van der Waals surface area contributed by atoms with Crippen molar-refractivity contribution in [3.63, 3.8) is 0 Å². The van der Waals surface area contributed by atoms with Crippen LogP contribution in [0.1, 0.15) is 25.3 Å². The first-order chi connectivity index (χ1) is 11.4. The highest BCUT2D eigenvalue weighted by Crippen LogP contribution is 2.15. The van der Waals surface area contributed by atoms with E-state index in [1.807, 2.05) is 30.3 Å². The molecule has 0 aromatic heterocycles. The predicted octanol–water partition coefficient (Wildman–Crippen LogP) is 1.84. The van der Waals surface area contributed by atoms with Crippen LogP contribution in [-0.2, 0) is 30.2 Å². The molecule has 1 amide bonds. The molecule has 0 bridgehead atoms. The standard InChI is InChI=1S/C17H23NO6/c1-17(15(20)23-3,11-9-14(19)22-2)18-16(21)24-12-10-13-7-5-4-6-8-13/h4-8H,9-12H2,1-3H3,(H,18,21). The summed E-state index contributed by atoms with van der Waals surface area (Å²) < 4.78 is 14.3. The molecule has 1 aromatic carbocycles. The van der Waals surface area contributed by atoms with Crippen LogP contribution in [0.5, 0.6) is 0 Å². The number of hydrogen-bond acceptors (Lipinski definition) is 6. The SMILES string of the molecule is COC(=O)CCC(C)(NC(=O)OCCc1ccccc1)C(=O)OC.